The molecule has 0 heterocycles. The average Bonchev–Trinajstić information content (AvgIpc) is 2.37. The highest BCUT2D eigenvalue weighted by atomic mass is 15.1. The smallest absolute Gasteiger partial charge is 0.0490 e. The molecule has 0 saturated carbocycles. The van der Waals surface area contributed by atoms with E-state index in [1.165, 1.54) is 18.4 Å². The molecule has 2 unspecified atom stereocenters. The van der Waals surface area contributed by atoms with Crippen LogP contribution in [0.25, 0.3) is 0 Å². The quantitative estimate of drug-likeness (QED) is 0.535. The molecule has 0 aromatic heterocycles. The summed E-state index contributed by atoms with van der Waals surface area (Å²) < 4.78 is 0. The second-order valence-corrected chi connectivity index (χ2v) is 9.26. The van der Waals surface area contributed by atoms with E-state index >= 15 is 0 Å². The molecule has 0 fully saturated rings. The van der Waals surface area contributed by atoms with Gasteiger partial charge in [0.15, 0.2) is 0 Å². The van der Waals surface area contributed by atoms with Crippen molar-refractivity contribution >= 4 is 0 Å². The van der Waals surface area contributed by atoms with Gasteiger partial charge in [-0.15, -0.1) is 0 Å². The van der Waals surface area contributed by atoms with Crippen LogP contribution in [0.1, 0.15) is 81.6 Å². The van der Waals surface area contributed by atoms with Gasteiger partial charge in [-0.25, -0.2) is 0 Å². The minimum atomic E-state index is 0.0690. The van der Waals surface area contributed by atoms with E-state index in [-0.39, 0.29) is 17.0 Å². The summed E-state index contributed by atoms with van der Waals surface area (Å²) in [6.07, 6.45) is 3.53. The van der Waals surface area contributed by atoms with Crippen LogP contribution < -0.4 is 10.6 Å². The fourth-order valence-electron chi connectivity index (χ4n) is 2.70. The summed E-state index contributed by atoms with van der Waals surface area (Å²) in [5.41, 5.74) is 2.53. The van der Waals surface area contributed by atoms with Crippen LogP contribution in [0.15, 0.2) is 24.4 Å². The third-order valence-corrected chi connectivity index (χ3v) is 4.22. The molecule has 23 heavy (non-hydrogen) atoms. The lowest BCUT2D eigenvalue weighted by atomic mass is 9.81. The highest BCUT2D eigenvalue weighted by molar-refractivity contribution is 5.18. The summed E-state index contributed by atoms with van der Waals surface area (Å²) in [7, 11) is 0. The predicted molar refractivity (Wildman–Crippen MR) is 106 cm³/mol. The molecule has 0 aromatic rings. The maximum absolute atomic E-state index is 4.39. The van der Waals surface area contributed by atoms with E-state index < -0.39 is 0 Å². The van der Waals surface area contributed by atoms with Gasteiger partial charge >= 0.3 is 0 Å². The second-order valence-electron chi connectivity index (χ2n) is 9.26. The number of hydrogen-bond acceptors (Lipinski definition) is 2. The Morgan fingerprint density at radius 3 is 1.87 bits per heavy atom. The van der Waals surface area contributed by atoms with Gasteiger partial charge in [0.1, 0.15) is 0 Å². The van der Waals surface area contributed by atoms with Gasteiger partial charge in [0.25, 0.3) is 0 Å². The Kier molecular flexibility index (Phi) is 8.62. The zero-order valence-electron chi connectivity index (χ0n) is 17.3. The van der Waals surface area contributed by atoms with Gasteiger partial charge in [0.05, 0.1) is 0 Å². The zero-order chi connectivity index (χ0) is 18.4. The number of rotatable bonds is 9. The lowest BCUT2D eigenvalue weighted by molar-refractivity contribution is 0.315. The van der Waals surface area contributed by atoms with E-state index in [0.717, 1.165) is 12.1 Å². The van der Waals surface area contributed by atoms with Crippen LogP contribution in [0.3, 0.4) is 0 Å². The highest BCUT2D eigenvalue weighted by Crippen LogP contribution is 2.29. The molecule has 0 radical (unpaired) electrons. The monoisotopic (exact) mass is 322 g/mol. The summed E-state index contributed by atoms with van der Waals surface area (Å²) in [4.78, 5) is 0. The van der Waals surface area contributed by atoms with Crippen LogP contribution in [0, 0.1) is 11.3 Å². The maximum atomic E-state index is 4.39. The Labute approximate surface area is 146 Å². The van der Waals surface area contributed by atoms with E-state index in [4.69, 9.17) is 0 Å². The minimum Gasteiger partial charge on any atom is -0.381 e. The Balaban J connectivity index is 5.14. The Bertz CT molecular complexity index is 380. The second kappa shape index (κ2) is 8.92. The topological polar surface area (TPSA) is 24.1 Å². The van der Waals surface area contributed by atoms with E-state index in [1.807, 2.05) is 0 Å². The molecule has 2 atom stereocenters. The molecule has 2 heteroatoms. The normalized spacial score (nSPS) is 15.4. The summed E-state index contributed by atoms with van der Waals surface area (Å²) in [5, 5.41) is 7.41. The maximum Gasteiger partial charge on any atom is 0.0490 e. The van der Waals surface area contributed by atoms with Crippen molar-refractivity contribution in [1.29, 1.82) is 0 Å². The molecule has 0 amide bonds. The van der Waals surface area contributed by atoms with Gasteiger partial charge in [-0.05, 0) is 44.1 Å². The predicted octanol–water partition coefficient (Wildman–Crippen LogP) is 5.66. The van der Waals surface area contributed by atoms with Gasteiger partial charge in [-0.1, -0.05) is 67.5 Å². The van der Waals surface area contributed by atoms with Crippen molar-refractivity contribution in [2.75, 3.05) is 0 Å². The van der Waals surface area contributed by atoms with E-state index in [9.17, 15) is 0 Å². The lowest BCUT2D eigenvalue weighted by Gasteiger charge is -2.37. The third-order valence-electron chi connectivity index (χ3n) is 4.22. The fraction of sp³-hybridized carbons (Fsp3) is 0.810. The summed E-state index contributed by atoms with van der Waals surface area (Å²) in [6.45, 7) is 28.8. The molecule has 0 rings (SSSR count). The van der Waals surface area contributed by atoms with Crippen LogP contribution in [-0.4, -0.2) is 17.6 Å². The molecule has 0 aromatic carbocycles. The molecule has 0 aliphatic rings. The largest absolute Gasteiger partial charge is 0.381 e. The summed E-state index contributed by atoms with van der Waals surface area (Å²) >= 11 is 0. The van der Waals surface area contributed by atoms with Gasteiger partial charge < -0.3 is 10.6 Å². The fourth-order valence-corrected chi connectivity index (χ4v) is 2.70. The number of hydrogen-bond donors (Lipinski definition) is 2. The van der Waals surface area contributed by atoms with Crippen LogP contribution in [-0.2, 0) is 0 Å². The number of nitrogens with one attached hydrogen (secondary N) is 2. The molecule has 0 aliphatic heterocycles. The van der Waals surface area contributed by atoms with Gasteiger partial charge in [-0.3, -0.25) is 0 Å². The molecular weight excluding hydrogens is 280 g/mol. The Hall–Kier alpha value is -0.760. The van der Waals surface area contributed by atoms with Gasteiger partial charge in [0, 0.05) is 23.3 Å². The third kappa shape index (κ3) is 8.60. The first-order valence-electron chi connectivity index (χ1n) is 9.22. The van der Waals surface area contributed by atoms with E-state index in [2.05, 4.69) is 86.1 Å². The van der Waals surface area contributed by atoms with Crippen molar-refractivity contribution in [3.8, 4) is 0 Å². The van der Waals surface area contributed by atoms with Crippen molar-refractivity contribution in [2.24, 2.45) is 11.3 Å². The average molecular weight is 323 g/mol. The van der Waals surface area contributed by atoms with Crippen LogP contribution >= 0.6 is 0 Å². The minimum absolute atomic E-state index is 0.0690. The highest BCUT2D eigenvalue weighted by Gasteiger charge is 2.27. The van der Waals surface area contributed by atoms with Gasteiger partial charge in [0.2, 0.25) is 0 Å². The van der Waals surface area contributed by atoms with Crippen molar-refractivity contribution in [1.82, 2.24) is 10.6 Å². The summed E-state index contributed by atoms with van der Waals surface area (Å²) in [6, 6.07) is 0.553. The molecular formula is C21H42N2. The Morgan fingerprint density at radius 2 is 1.52 bits per heavy atom. The molecule has 0 bridgehead atoms. The van der Waals surface area contributed by atoms with E-state index in [0.29, 0.717) is 12.0 Å². The number of unbranched alkanes of at least 4 members (excludes halogenated alkanes) is 1. The summed E-state index contributed by atoms with van der Waals surface area (Å²) in [5.74, 6) is 0.490. The van der Waals surface area contributed by atoms with Crippen molar-refractivity contribution in [2.45, 2.75) is 99.2 Å². The lowest BCUT2D eigenvalue weighted by Crippen LogP contribution is -2.51. The van der Waals surface area contributed by atoms with Crippen LogP contribution in [0.5, 0.6) is 0 Å². The standard InChI is InChI=1S/C21H42N2/c1-12-13-14-18(16(4)20(6,7)8)22-17(5)19(15(2)3)23-21(9,10)11/h15,18-19,22-23H,4-5,12-14H2,1-3,6-11H3. The van der Waals surface area contributed by atoms with Crippen molar-refractivity contribution in [3.05, 3.63) is 24.4 Å². The molecule has 0 saturated heterocycles. The van der Waals surface area contributed by atoms with Crippen molar-refractivity contribution < 1.29 is 0 Å². The molecule has 0 spiro atoms. The molecule has 0 aliphatic carbocycles. The van der Waals surface area contributed by atoms with Gasteiger partial charge in [-0.2, -0.15) is 0 Å². The van der Waals surface area contributed by atoms with Crippen LogP contribution in [0.2, 0.25) is 0 Å². The SMILES string of the molecule is C=C(NC(CCCC)C(=C)C(C)(C)C)C(NC(C)(C)C)C(C)C. The zero-order valence-corrected chi connectivity index (χ0v) is 17.3. The van der Waals surface area contributed by atoms with E-state index in [1.54, 1.807) is 0 Å². The first-order valence-corrected chi connectivity index (χ1v) is 9.22. The van der Waals surface area contributed by atoms with Crippen LogP contribution in [0.4, 0.5) is 0 Å². The van der Waals surface area contributed by atoms with Crippen molar-refractivity contribution in [3.63, 3.8) is 0 Å². The molecule has 2 nitrogen and oxygen atoms in total. The first kappa shape index (κ1) is 22.2. The Morgan fingerprint density at radius 1 is 1.00 bits per heavy atom. The molecule has 136 valence electrons. The molecule has 2 N–H and O–H groups in total. The first-order chi connectivity index (χ1) is 10.3.